The number of likely N-dealkylation sites (N-methyl/N-ethyl adjacent to an activating group) is 1. The number of methoxy groups -OCH3 is 2. The van der Waals surface area contributed by atoms with Crippen molar-refractivity contribution in [3.05, 3.63) is 53.6 Å². The molecule has 0 saturated carbocycles. The van der Waals surface area contributed by atoms with E-state index in [2.05, 4.69) is 5.32 Å². The number of aromatic hydroxyl groups is 1. The van der Waals surface area contributed by atoms with Gasteiger partial charge in [0, 0.05) is 18.2 Å². The molecule has 0 heterocycles. The van der Waals surface area contributed by atoms with Gasteiger partial charge in [0.15, 0.2) is 0 Å². The molecule has 7 heteroatoms. The average Bonchev–Trinajstić information content (AvgIpc) is 2.67. The summed E-state index contributed by atoms with van der Waals surface area (Å²) < 4.78 is 10.2. The van der Waals surface area contributed by atoms with Crippen LogP contribution in [-0.2, 0) is 0 Å². The Balaban J connectivity index is 0.000000277. The molecule has 0 bridgehead atoms. The third-order valence-corrected chi connectivity index (χ3v) is 3.91. The Labute approximate surface area is 160 Å². The second-order valence-corrected chi connectivity index (χ2v) is 6.08. The van der Waals surface area contributed by atoms with Gasteiger partial charge in [0.05, 0.1) is 26.4 Å². The molecule has 0 amide bonds. The van der Waals surface area contributed by atoms with Crippen molar-refractivity contribution in [3.63, 3.8) is 0 Å². The third-order valence-electron chi connectivity index (χ3n) is 3.91. The normalized spacial score (nSPS) is 13.7. The van der Waals surface area contributed by atoms with Crippen LogP contribution in [0.5, 0.6) is 17.2 Å². The molecular weight excluding hydrogens is 348 g/mol. The maximum atomic E-state index is 9.87. The molecule has 0 aliphatic heterocycles. The van der Waals surface area contributed by atoms with Gasteiger partial charge in [-0.2, -0.15) is 0 Å². The lowest BCUT2D eigenvalue weighted by Gasteiger charge is -2.18. The molecule has 2 aromatic carbocycles. The second kappa shape index (κ2) is 11.4. The first-order valence-electron chi connectivity index (χ1n) is 8.61. The molecule has 150 valence electrons. The zero-order chi connectivity index (χ0) is 20.4. The van der Waals surface area contributed by atoms with Crippen molar-refractivity contribution in [1.82, 2.24) is 5.32 Å². The number of hydrogen-bond acceptors (Lipinski definition) is 7. The van der Waals surface area contributed by atoms with Gasteiger partial charge in [-0.1, -0.05) is 12.1 Å². The minimum atomic E-state index is -0.755. The van der Waals surface area contributed by atoms with E-state index in [-0.39, 0.29) is 11.8 Å². The highest BCUT2D eigenvalue weighted by atomic mass is 16.5. The molecule has 2 aromatic rings. The van der Waals surface area contributed by atoms with Crippen LogP contribution in [0.25, 0.3) is 0 Å². The van der Waals surface area contributed by atoms with Gasteiger partial charge in [0.25, 0.3) is 0 Å². The maximum absolute atomic E-state index is 9.87. The Bertz CT molecular complexity index is 694. The zero-order valence-corrected chi connectivity index (χ0v) is 16.2. The molecular formula is C20H30N2O5. The number of ether oxygens (including phenoxy) is 2. The number of aliphatic hydroxyl groups excluding tert-OH is 2. The van der Waals surface area contributed by atoms with Crippen molar-refractivity contribution >= 4 is 0 Å². The predicted octanol–water partition coefficient (Wildman–Crippen LogP) is 1.73. The van der Waals surface area contributed by atoms with Crippen molar-refractivity contribution in [3.8, 4) is 17.2 Å². The molecule has 0 fully saturated rings. The van der Waals surface area contributed by atoms with Gasteiger partial charge >= 0.3 is 0 Å². The number of benzene rings is 2. The molecule has 0 spiro atoms. The predicted molar refractivity (Wildman–Crippen MR) is 105 cm³/mol. The highest BCUT2D eigenvalue weighted by Gasteiger charge is 2.17. The Morgan fingerprint density at radius 3 is 2.30 bits per heavy atom. The van der Waals surface area contributed by atoms with Gasteiger partial charge in [0.2, 0.25) is 0 Å². The van der Waals surface area contributed by atoms with Gasteiger partial charge < -0.3 is 35.8 Å². The Hall–Kier alpha value is -2.32. The molecule has 2 unspecified atom stereocenters. The van der Waals surface area contributed by atoms with E-state index in [1.807, 2.05) is 0 Å². The summed E-state index contributed by atoms with van der Waals surface area (Å²) in [6, 6.07) is 11.5. The van der Waals surface area contributed by atoms with E-state index in [1.165, 1.54) is 0 Å². The molecule has 2 rings (SSSR count). The summed E-state index contributed by atoms with van der Waals surface area (Å²) in [4.78, 5) is 0. The van der Waals surface area contributed by atoms with E-state index in [1.54, 1.807) is 70.7 Å². The van der Waals surface area contributed by atoms with Crippen molar-refractivity contribution < 1.29 is 24.8 Å². The van der Waals surface area contributed by atoms with Gasteiger partial charge in [-0.25, -0.2) is 0 Å². The summed E-state index contributed by atoms with van der Waals surface area (Å²) in [6.45, 7) is 2.23. The molecule has 0 aliphatic rings. The van der Waals surface area contributed by atoms with Crippen LogP contribution in [0.3, 0.4) is 0 Å². The summed E-state index contributed by atoms with van der Waals surface area (Å²) in [5, 5.41) is 31.3. The number of phenols is 1. The molecule has 7 nitrogen and oxygen atoms in total. The average molecular weight is 378 g/mol. The van der Waals surface area contributed by atoms with Crippen LogP contribution in [0, 0.1) is 0 Å². The SMILES string of the molecule is CNC[C@H](O)c1cccc(O)c1.COc1ccc(OC)c(C(O)C(C)N)c1. The van der Waals surface area contributed by atoms with Crippen molar-refractivity contribution in [2.75, 3.05) is 27.8 Å². The number of aliphatic hydroxyl groups is 2. The standard InChI is InChI=1S/C11H17NO3.C9H13NO2/c1-7(12)11(13)9-6-8(14-2)4-5-10(9)15-3;1-10-6-9(12)7-3-2-4-8(11)5-7/h4-7,11,13H,12H2,1-3H3;2-5,9-12H,6H2,1H3/t;9-/m.0/s1. The van der Waals surface area contributed by atoms with Crippen LogP contribution >= 0.6 is 0 Å². The van der Waals surface area contributed by atoms with Crippen LogP contribution in [-0.4, -0.2) is 49.2 Å². The van der Waals surface area contributed by atoms with E-state index in [0.717, 1.165) is 5.56 Å². The quantitative estimate of drug-likeness (QED) is 0.498. The molecule has 6 N–H and O–H groups in total. The molecule has 3 atom stereocenters. The van der Waals surface area contributed by atoms with Crippen LogP contribution < -0.4 is 20.5 Å². The van der Waals surface area contributed by atoms with E-state index in [9.17, 15) is 10.2 Å². The lowest BCUT2D eigenvalue weighted by Crippen LogP contribution is -2.24. The fourth-order valence-electron chi connectivity index (χ4n) is 2.40. The second-order valence-electron chi connectivity index (χ2n) is 6.08. The van der Waals surface area contributed by atoms with Gasteiger partial charge in [-0.15, -0.1) is 0 Å². The third kappa shape index (κ3) is 7.07. The summed E-state index contributed by atoms with van der Waals surface area (Å²) in [7, 11) is 4.90. The van der Waals surface area contributed by atoms with Crippen LogP contribution in [0.15, 0.2) is 42.5 Å². The molecule has 0 aliphatic carbocycles. The van der Waals surface area contributed by atoms with E-state index in [0.29, 0.717) is 23.6 Å². The van der Waals surface area contributed by atoms with Gasteiger partial charge in [-0.3, -0.25) is 0 Å². The van der Waals surface area contributed by atoms with Crippen LogP contribution in [0.1, 0.15) is 30.3 Å². The van der Waals surface area contributed by atoms with Crippen molar-refractivity contribution in [1.29, 1.82) is 0 Å². The minimum Gasteiger partial charge on any atom is -0.508 e. The van der Waals surface area contributed by atoms with Gasteiger partial charge in [-0.05, 0) is 49.9 Å². The Morgan fingerprint density at radius 1 is 1.07 bits per heavy atom. The monoisotopic (exact) mass is 378 g/mol. The molecule has 27 heavy (non-hydrogen) atoms. The largest absolute Gasteiger partial charge is 0.508 e. The number of rotatable bonds is 7. The smallest absolute Gasteiger partial charge is 0.124 e. The summed E-state index contributed by atoms with van der Waals surface area (Å²) in [5.74, 6) is 1.47. The summed E-state index contributed by atoms with van der Waals surface area (Å²) >= 11 is 0. The highest BCUT2D eigenvalue weighted by molar-refractivity contribution is 5.42. The summed E-state index contributed by atoms with van der Waals surface area (Å²) in [6.07, 6.45) is -1.31. The lowest BCUT2D eigenvalue weighted by molar-refractivity contribution is 0.149. The molecule has 0 aromatic heterocycles. The number of hydrogen-bond donors (Lipinski definition) is 5. The topological polar surface area (TPSA) is 117 Å². The number of nitrogens with two attached hydrogens (primary N) is 1. The fourth-order valence-corrected chi connectivity index (χ4v) is 2.40. The molecule has 0 saturated heterocycles. The number of nitrogens with one attached hydrogen (secondary N) is 1. The maximum Gasteiger partial charge on any atom is 0.124 e. The highest BCUT2D eigenvalue weighted by Crippen LogP contribution is 2.30. The van der Waals surface area contributed by atoms with E-state index >= 15 is 0 Å². The van der Waals surface area contributed by atoms with Crippen LogP contribution in [0.2, 0.25) is 0 Å². The first-order chi connectivity index (χ1) is 12.8. The first-order valence-corrected chi connectivity index (χ1v) is 8.61. The van der Waals surface area contributed by atoms with Crippen LogP contribution in [0.4, 0.5) is 0 Å². The zero-order valence-electron chi connectivity index (χ0n) is 16.2. The molecule has 0 radical (unpaired) electrons. The van der Waals surface area contributed by atoms with Crippen molar-refractivity contribution in [2.45, 2.75) is 25.2 Å². The van der Waals surface area contributed by atoms with E-state index in [4.69, 9.17) is 20.3 Å². The summed E-state index contributed by atoms with van der Waals surface area (Å²) in [5.41, 5.74) is 7.01. The Kier molecular flexibility index (Phi) is 9.60. The van der Waals surface area contributed by atoms with Crippen molar-refractivity contribution in [2.24, 2.45) is 5.73 Å². The first kappa shape index (κ1) is 22.7. The lowest BCUT2D eigenvalue weighted by atomic mass is 10.0. The van der Waals surface area contributed by atoms with Gasteiger partial charge in [0.1, 0.15) is 17.2 Å². The number of phenolic OH excluding ortho intramolecular Hbond substituents is 1. The van der Waals surface area contributed by atoms with E-state index < -0.39 is 12.2 Å². The fraction of sp³-hybridized carbons (Fsp3) is 0.400. The Morgan fingerprint density at radius 2 is 1.78 bits per heavy atom. The minimum absolute atomic E-state index is 0.183.